The van der Waals surface area contributed by atoms with Crippen molar-refractivity contribution in [1.29, 1.82) is 0 Å². The summed E-state index contributed by atoms with van der Waals surface area (Å²) >= 11 is 0. The first-order valence-electron chi connectivity index (χ1n) is 13.8. The molecule has 1 N–H and O–H groups in total. The Morgan fingerprint density at radius 3 is 2.56 bits per heavy atom. The predicted octanol–water partition coefficient (Wildman–Crippen LogP) is 2.60. The average Bonchev–Trinajstić information content (AvgIpc) is 2.95. The highest BCUT2D eigenvalue weighted by molar-refractivity contribution is 5.78. The molecule has 0 radical (unpaired) electrons. The van der Waals surface area contributed by atoms with E-state index in [0.717, 1.165) is 6.20 Å². The monoisotopic (exact) mass is 569 g/mol. The first-order chi connectivity index (χ1) is 19.5. The number of hydrogen-bond donors (Lipinski definition) is 1. The summed E-state index contributed by atoms with van der Waals surface area (Å²) in [5, 5.41) is 23.7. The maximum Gasteiger partial charge on any atom is 0.213 e. The number of rotatable bonds is 7. The van der Waals surface area contributed by atoms with Gasteiger partial charge in [0.2, 0.25) is 5.88 Å². The highest BCUT2D eigenvalue weighted by atomic mass is 19.1. The van der Waals surface area contributed by atoms with E-state index in [1.807, 2.05) is 0 Å². The molecule has 41 heavy (non-hydrogen) atoms. The van der Waals surface area contributed by atoms with Crippen LogP contribution >= 0.6 is 0 Å². The Morgan fingerprint density at radius 2 is 1.90 bits per heavy atom. The van der Waals surface area contributed by atoms with E-state index in [4.69, 9.17) is 14.2 Å². The van der Waals surface area contributed by atoms with Gasteiger partial charge in [-0.1, -0.05) is 0 Å². The van der Waals surface area contributed by atoms with Gasteiger partial charge in [-0.2, -0.15) is 0 Å². The fourth-order valence-electron chi connectivity index (χ4n) is 5.98. The average molecular weight is 570 g/mol. The quantitative estimate of drug-likeness (QED) is 0.427. The maximum atomic E-state index is 15.1. The van der Waals surface area contributed by atoms with Gasteiger partial charge in [-0.05, 0) is 26.8 Å². The van der Waals surface area contributed by atoms with Crippen LogP contribution in [0.1, 0.15) is 51.0 Å². The number of fused-ring (bicyclic) bond motifs is 2. The first kappa shape index (κ1) is 28.7. The maximum absolute atomic E-state index is 15.1. The number of pyridine rings is 3. The summed E-state index contributed by atoms with van der Waals surface area (Å²) in [6.07, 6.45) is 1.28. The fraction of sp³-hybridized carbons (Fsp3) is 0.517. The van der Waals surface area contributed by atoms with E-state index in [2.05, 4.69) is 35.7 Å². The molecule has 2 aliphatic rings. The molecular weight excluding hydrogens is 533 g/mol. The van der Waals surface area contributed by atoms with Gasteiger partial charge in [-0.15, -0.1) is 0 Å². The molecule has 0 aliphatic carbocycles. The molecule has 0 saturated carbocycles. The van der Waals surface area contributed by atoms with Crippen LogP contribution in [-0.2, 0) is 6.54 Å². The number of aliphatic hydroxyl groups is 1. The van der Waals surface area contributed by atoms with Crippen molar-refractivity contribution in [3.8, 4) is 17.4 Å². The van der Waals surface area contributed by atoms with E-state index < -0.39 is 18.0 Å². The third-order valence-corrected chi connectivity index (χ3v) is 8.44. The minimum absolute atomic E-state index is 0.0590. The highest BCUT2D eigenvalue weighted by Gasteiger charge is 2.46. The number of aromatic nitrogens is 3. The number of piperidine rings is 1. The van der Waals surface area contributed by atoms with Gasteiger partial charge in [0.1, 0.15) is 43.3 Å². The Kier molecular flexibility index (Phi) is 7.89. The number of halogens is 1. The number of carbonyl (C=O) groups excluding carboxylic acids is 1. The number of hydrogen-bond acceptors (Lipinski definition) is 9. The second kappa shape index (κ2) is 11.2. The summed E-state index contributed by atoms with van der Waals surface area (Å²) in [7, 11) is 1.47. The molecule has 1 atom stereocenters. The van der Waals surface area contributed by atoms with E-state index in [1.54, 1.807) is 24.4 Å². The summed E-state index contributed by atoms with van der Waals surface area (Å²) in [6.45, 7) is 8.54. The number of nitrogens with zero attached hydrogens (tertiary/aromatic N) is 5. The van der Waals surface area contributed by atoms with Crippen molar-refractivity contribution in [1.82, 2.24) is 19.9 Å². The lowest BCUT2D eigenvalue weighted by Crippen LogP contribution is -2.66. The molecule has 2 aliphatic heterocycles. The van der Waals surface area contributed by atoms with Crippen molar-refractivity contribution >= 4 is 17.1 Å². The van der Waals surface area contributed by atoms with Crippen LogP contribution in [0.2, 0.25) is 0 Å². The van der Waals surface area contributed by atoms with Crippen LogP contribution in [0.25, 0.3) is 11.0 Å². The zero-order valence-corrected chi connectivity index (χ0v) is 23.8. The van der Waals surface area contributed by atoms with Gasteiger partial charge in [-0.25, -0.2) is 9.37 Å². The zero-order valence-electron chi connectivity index (χ0n) is 23.8. The summed E-state index contributed by atoms with van der Waals surface area (Å²) < 4.78 is 32.0. The van der Waals surface area contributed by atoms with Crippen LogP contribution in [0.15, 0.2) is 30.6 Å². The topological polar surface area (TPSA) is 130 Å². The van der Waals surface area contributed by atoms with Crippen LogP contribution in [0, 0.1) is 5.82 Å². The lowest BCUT2D eigenvalue weighted by molar-refractivity contribution is -0.978. The van der Waals surface area contributed by atoms with Crippen LogP contribution in [-0.4, -0.2) is 87.1 Å². The smallest absolute Gasteiger partial charge is 0.213 e. The second-order valence-electron chi connectivity index (χ2n) is 11.6. The number of aliphatic hydroxyl groups excluding tert-OH is 1. The minimum Gasteiger partial charge on any atom is -0.530 e. The lowest BCUT2D eigenvalue weighted by atomic mass is 9.90. The molecule has 1 fully saturated rings. The molecule has 1 saturated heterocycles. The van der Waals surface area contributed by atoms with E-state index >= 15 is 4.39 Å². The van der Waals surface area contributed by atoms with Crippen LogP contribution < -0.4 is 19.3 Å². The molecule has 3 aromatic rings. The van der Waals surface area contributed by atoms with Crippen molar-refractivity contribution in [2.75, 3.05) is 40.0 Å². The van der Waals surface area contributed by atoms with Crippen LogP contribution in [0.4, 0.5) is 9.18 Å². The molecule has 11 nitrogen and oxygen atoms in total. The molecule has 220 valence electrons. The highest BCUT2D eigenvalue weighted by Crippen LogP contribution is 2.37. The molecule has 1 unspecified atom stereocenters. The molecule has 1 amide bonds. The summed E-state index contributed by atoms with van der Waals surface area (Å²) in [5.74, 6) is 0.746. The second-order valence-corrected chi connectivity index (χ2v) is 11.6. The van der Waals surface area contributed by atoms with Gasteiger partial charge in [0.15, 0.2) is 11.5 Å². The molecule has 0 bridgehead atoms. The van der Waals surface area contributed by atoms with Crippen LogP contribution in [0.3, 0.4) is 0 Å². The third-order valence-electron chi connectivity index (χ3n) is 8.44. The summed E-state index contributed by atoms with van der Waals surface area (Å²) in [4.78, 5) is 26.4. The molecule has 5 heterocycles. The Labute approximate surface area is 238 Å². The van der Waals surface area contributed by atoms with Gasteiger partial charge in [0.05, 0.1) is 61.5 Å². The first-order valence-corrected chi connectivity index (χ1v) is 13.8. The van der Waals surface area contributed by atoms with Crippen molar-refractivity contribution < 1.29 is 38.1 Å². The van der Waals surface area contributed by atoms with Gasteiger partial charge < -0.3 is 38.6 Å². The summed E-state index contributed by atoms with van der Waals surface area (Å²) in [5.41, 5.74) is 1.02. The van der Waals surface area contributed by atoms with Crippen molar-refractivity contribution in [3.05, 3.63) is 47.7 Å². The van der Waals surface area contributed by atoms with Crippen molar-refractivity contribution in [3.63, 3.8) is 0 Å². The fourth-order valence-corrected chi connectivity index (χ4v) is 5.98. The van der Waals surface area contributed by atoms with E-state index in [9.17, 15) is 15.0 Å². The number of carbonyl (C=O) groups is 1. The standard InChI is InChI=1S/C29H36FN5O6/c1-29(2,3)35(17-22(36)26-20(30)14-32-21-5-6-25(39-4)33-27(21)26)9-7-19(8-10-35)34(28(37)38)16-18-13-23-24(15-31-18)41-12-11-40-23/h5-6,13-15,19,22,36H,7-12,16-17H2,1-4H3. The van der Waals surface area contributed by atoms with Gasteiger partial charge in [0.25, 0.3) is 0 Å². The van der Waals surface area contributed by atoms with Crippen LogP contribution in [0.5, 0.6) is 17.4 Å². The minimum atomic E-state index is -1.27. The molecule has 0 aromatic carbocycles. The largest absolute Gasteiger partial charge is 0.530 e. The van der Waals surface area contributed by atoms with Gasteiger partial charge in [-0.3, -0.25) is 9.97 Å². The third kappa shape index (κ3) is 5.71. The molecule has 3 aromatic heterocycles. The molecular formula is C29H36FN5O6. The molecule has 0 spiro atoms. The predicted molar refractivity (Wildman–Crippen MR) is 145 cm³/mol. The Morgan fingerprint density at radius 1 is 1.20 bits per heavy atom. The number of methoxy groups -OCH3 is 1. The molecule has 5 rings (SSSR count). The Bertz CT molecular complexity index is 1420. The SMILES string of the molecule is COc1ccc2ncc(F)c(C(O)C[N+]3(C(C)(C)C)CCC(N(Cc4cc5c(cn4)OCCO5)C(=O)[O-])CC3)c2n1. The zero-order chi connectivity index (χ0) is 29.4. The Hall–Kier alpha value is -3.77. The summed E-state index contributed by atoms with van der Waals surface area (Å²) in [6, 6.07) is 4.73. The lowest BCUT2D eigenvalue weighted by Gasteiger charge is -2.54. The normalized spacial score (nSPS) is 21.4. The van der Waals surface area contributed by atoms with E-state index in [-0.39, 0.29) is 35.8 Å². The molecule has 12 heteroatoms. The van der Waals surface area contributed by atoms with Gasteiger partial charge >= 0.3 is 0 Å². The van der Waals surface area contributed by atoms with Gasteiger partial charge in [0, 0.05) is 31.0 Å². The number of quaternary nitrogens is 1. The van der Waals surface area contributed by atoms with Crippen molar-refractivity contribution in [2.45, 2.75) is 57.8 Å². The number of likely N-dealkylation sites (tertiary alicyclic amines) is 1. The van der Waals surface area contributed by atoms with E-state index in [1.165, 1.54) is 12.0 Å². The number of amides is 1. The van der Waals surface area contributed by atoms with E-state index in [0.29, 0.717) is 72.2 Å². The number of ether oxygens (including phenoxy) is 3. The number of carboxylic acid groups (broad SMARTS) is 1. The van der Waals surface area contributed by atoms with Crippen molar-refractivity contribution in [2.24, 2.45) is 0 Å². The Balaban J connectivity index is 1.36.